The maximum absolute atomic E-state index is 13.8. The molecule has 8 nitrogen and oxygen atoms in total. The van der Waals surface area contributed by atoms with Gasteiger partial charge in [-0.3, -0.25) is 4.98 Å². The van der Waals surface area contributed by atoms with Crippen molar-refractivity contribution in [3.05, 3.63) is 64.0 Å². The van der Waals surface area contributed by atoms with Crippen molar-refractivity contribution in [2.75, 3.05) is 11.4 Å². The first-order valence-corrected chi connectivity index (χ1v) is 14.6. The van der Waals surface area contributed by atoms with Gasteiger partial charge in [0, 0.05) is 19.3 Å². The molecule has 0 aliphatic heterocycles. The zero-order valence-electron chi connectivity index (χ0n) is 25.1. The predicted molar refractivity (Wildman–Crippen MR) is 150 cm³/mol. The molecule has 0 radical (unpaired) electrons. The number of nitrogens with zero attached hydrogens (tertiary/aromatic N) is 6. The molecule has 254 valence electrons. The Morgan fingerprint density at radius 3 is 1.89 bits per heavy atom. The van der Waals surface area contributed by atoms with Crippen LogP contribution in [0.2, 0.25) is 0 Å². The second kappa shape index (κ2) is 13.3. The van der Waals surface area contributed by atoms with Gasteiger partial charge in [-0.1, -0.05) is 30.8 Å². The summed E-state index contributed by atoms with van der Waals surface area (Å²) in [5, 5.41) is 11.5. The number of anilines is 1. The molecule has 1 saturated carbocycles. The lowest BCUT2D eigenvalue weighted by atomic mass is 9.74. The van der Waals surface area contributed by atoms with Gasteiger partial charge in [0.25, 0.3) is 5.95 Å². The van der Waals surface area contributed by atoms with Crippen LogP contribution >= 0.6 is 0 Å². The van der Waals surface area contributed by atoms with Crippen LogP contribution in [0.15, 0.2) is 30.5 Å². The van der Waals surface area contributed by atoms with Gasteiger partial charge in [-0.2, -0.15) is 44.3 Å². The van der Waals surface area contributed by atoms with E-state index in [2.05, 4.69) is 20.4 Å². The van der Waals surface area contributed by atoms with Gasteiger partial charge < -0.3 is 16.4 Å². The van der Waals surface area contributed by atoms with E-state index < -0.39 is 59.4 Å². The van der Waals surface area contributed by atoms with E-state index >= 15 is 0 Å². The Kier molecular flexibility index (Phi) is 10.3. The van der Waals surface area contributed by atoms with Crippen LogP contribution < -0.4 is 16.4 Å². The van der Waals surface area contributed by atoms with Crippen molar-refractivity contribution in [3.8, 4) is 0 Å². The number of tetrazole rings is 1. The van der Waals surface area contributed by atoms with Gasteiger partial charge in [0.15, 0.2) is 0 Å². The summed E-state index contributed by atoms with van der Waals surface area (Å²) in [4.78, 5) is 6.26. The molecule has 1 aliphatic rings. The van der Waals surface area contributed by atoms with Crippen molar-refractivity contribution in [2.24, 2.45) is 30.4 Å². The molecule has 0 bridgehead atoms. The Morgan fingerprint density at radius 2 is 1.39 bits per heavy atom. The molecule has 4 rings (SSSR count). The molecule has 46 heavy (non-hydrogen) atoms. The van der Waals surface area contributed by atoms with E-state index in [1.54, 1.807) is 6.92 Å². The highest BCUT2D eigenvalue weighted by atomic mass is 19.4. The number of benzene rings is 1. The number of rotatable bonds is 10. The maximum Gasteiger partial charge on any atom is 0.417 e. The highest BCUT2D eigenvalue weighted by Gasteiger charge is 2.38. The average Bonchev–Trinajstić information content (AvgIpc) is 3.38. The first-order valence-electron chi connectivity index (χ1n) is 14.6. The van der Waals surface area contributed by atoms with Crippen LogP contribution in [-0.4, -0.2) is 31.7 Å². The molecule has 1 aliphatic carbocycles. The number of halogens is 9. The van der Waals surface area contributed by atoms with E-state index in [4.69, 9.17) is 11.5 Å². The largest absolute Gasteiger partial charge is 0.417 e. The van der Waals surface area contributed by atoms with Crippen LogP contribution in [0.5, 0.6) is 0 Å². The molecule has 0 amide bonds. The molecule has 1 atom stereocenters. The zero-order valence-corrected chi connectivity index (χ0v) is 25.1. The zero-order chi connectivity index (χ0) is 34.1. The first kappa shape index (κ1) is 35.4. The molecule has 1 fully saturated rings. The van der Waals surface area contributed by atoms with Gasteiger partial charge in [0.05, 0.1) is 35.0 Å². The van der Waals surface area contributed by atoms with Crippen molar-refractivity contribution in [3.63, 3.8) is 0 Å². The molecular formula is C29H35F9N8. The number of aryl methyl sites for hydroxylation is 1. The van der Waals surface area contributed by atoms with Crippen molar-refractivity contribution in [1.82, 2.24) is 25.2 Å². The fraction of sp³-hybridized carbons (Fsp3) is 0.586. The second-order valence-corrected chi connectivity index (χ2v) is 12.2. The lowest BCUT2D eigenvalue weighted by molar-refractivity contribution is -0.143. The Bertz CT molecular complexity index is 1440. The molecule has 0 saturated heterocycles. The van der Waals surface area contributed by atoms with E-state index in [0.717, 1.165) is 47.9 Å². The van der Waals surface area contributed by atoms with E-state index in [-0.39, 0.29) is 29.2 Å². The number of alkyl halides is 9. The Labute approximate surface area is 259 Å². The third kappa shape index (κ3) is 8.86. The van der Waals surface area contributed by atoms with Crippen LogP contribution in [0.3, 0.4) is 0 Å². The van der Waals surface area contributed by atoms with Crippen LogP contribution in [-0.2, 0) is 44.2 Å². The third-order valence-corrected chi connectivity index (χ3v) is 8.25. The van der Waals surface area contributed by atoms with Crippen LogP contribution in [0.25, 0.3) is 0 Å². The molecule has 3 aromatic rings. The van der Waals surface area contributed by atoms with Crippen molar-refractivity contribution in [1.29, 1.82) is 0 Å². The minimum atomic E-state index is -5.10. The van der Waals surface area contributed by atoms with Gasteiger partial charge >= 0.3 is 18.5 Å². The number of nitrogens with two attached hydrogens (primary N) is 2. The van der Waals surface area contributed by atoms with E-state index in [9.17, 15) is 39.5 Å². The van der Waals surface area contributed by atoms with Gasteiger partial charge in [0.1, 0.15) is 0 Å². The summed E-state index contributed by atoms with van der Waals surface area (Å²) in [6, 6.07) is 1.91. The van der Waals surface area contributed by atoms with Crippen molar-refractivity contribution < 1.29 is 39.5 Å². The lowest BCUT2D eigenvalue weighted by Crippen LogP contribution is -2.39. The van der Waals surface area contributed by atoms with Crippen molar-refractivity contribution >= 4 is 5.95 Å². The SMILES string of the molecule is Cn1nnc(N(Cc2cc(C(F)(F)F)cc(C(F)(F)F)c2)Cc2cc(C(F)(F)F)cnc2C(C)(N)CC2CCC(CCN)CC2)n1. The van der Waals surface area contributed by atoms with E-state index in [0.29, 0.717) is 37.2 Å². The van der Waals surface area contributed by atoms with Gasteiger partial charge in [-0.05, 0) is 78.8 Å². The smallest absolute Gasteiger partial charge is 0.330 e. The summed E-state index contributed by atoms with van der Waals surface area (Å²) in [5.74, 6) is 0.408. The quantitative estimate of drug-likeness (QED) is 0.235. The van der Waals surface area contributed by atoms with Gasteiger partial charge in [0.2, 0.25) is 0 Å². The van der Waals surface area contributed by atoms with Crippen molar-refractivity contribution in [2.45, 2.75) is 82.6 Å². The molecule has 17 heteroatoms. The Hall–Kier alpha value is -3.47. The van der Waals surface area contributed by atoms with Crippen LogP contribution in [0.4, 0.5) is 45.5 Å². The van der Waals surface area contributed by atoms with Gasteiger partial charge in [-0.15, -0.1) is 5.10 Å². The number of hydrogen-bond acceptors (Lipinski definition) is 7. The van der Waals surface area contributed by atoms with Gasteiger partial charge in [-0.25, -0.2) is 0 Å². The summed E-state index contributed by atoms with van der Waals surface area (Å²) >= 11 is 0. The standard InChI is InChI=1S/C29H35F9N8/c1-26(40,13-18-5-3-17(4-6-18)7-8-39)24-20(11-23(14-41-24)29(36,37)38)16-46(25-42-44-45(2)43-25)15-19-9-21(27(30,31)32)12-22(10-19)28(33,34)35/h9-12,14,17-18H,3-8,13,15-16,39-40H2,1-2H3. The molecule has 1 aromatic carbocycles. The average molecular weight is 667 g/mol. The highest BCUT2D eigenvalue weighted by molar-refractivity contribution is 5.40. The molecule has 4 N–H and O–H groups in total. The molecule has 1 unspecified atom stereocenters. The summed E-state index contributed by atoms with van der Waals surface area (Å²) in [6.45, 7) is 1.11. The number of aromatic nitrogens is 5. The fourth-order valence-electron chi connectivity index (χ4n) is 6.09. The van der Waals surface area contributed by atoms with Crippen LogP contribution in [0, 0.1) is 11.8 Å². The lowest BCUT2D eigenvalue weighted by Gasteiger charge is -2.35. The molecule has 2 heterocycles. The van der Waals surface area contributed by atoms with E-state index in [1.165, 1.54) is 7.05 Å². The second-order valence-electron chi connectivity index (χ2n) is 12.2. The number of pyridine rings is 1. The monoisotopic (exact) mass is 666 g/mol. The van der Waals surface area contributed by atoms with E-state index in [1.807, 2.05) is 0 Å². The summed E-state index contributed by atoms with van der Waals surface area (Å²) in [5.41, 5.74) is 6.67. The summed E-state index contributed by atoms with van der Waals surface area (Å²) in [6.07, 6.45) is -9.48. The maximum atomic E-state index is 13.8. The Balaban J connectivity index is 1.74. The topological polar surface area (TPSA) is 112 Å². The first-order chi connectivity index (χ1) is 21.3. The molecule has 2 aromatic heterocycles. The molecular weight excluding hydrogens is 631 g/mol. The summed E-state index contributed by atoms with van der Waals surface area (Å²) < 4.78 is 123. The summed E-state index contributed by atoms with van der Waals surface area (Å²) in [7, 11) is 1.37. The minimum absolute atomic E-state index is 0.00734. The highest BCUT2D eigenvalue weighted by Crippen LogP contribution is 2.40. The number of hydrogen-bond donors (Lipinski definition) is 2. The Morgan fingerprint density at radius 1 is 0.826 bits per heavy atom. The van der Waals surface area contributed by atoms with Crippen LogP contribution in [0.1, 0.15) is 79.0 Å². The fourth-order valence-corrected chi connectivity index (χ4v) is 6.09. The molecule has 0 spiro atoms. The normalized spacial score (nSPS) is 19.2. The minimum Gasteiger partial charge on any atom is -0.330 e. The predicted octanol–water partition coefficient (Wildman–Crippen LogP) is 6.59. The third-order valence-electron chi connectivity index (χ3n) is 8.25.